The van der Waals surface area contributed by atoms with Gasteiger partial charge >= 0.3 is 0 Å². The average molecular weight is 399 g/mol. The van der Waals surface area contributed by atoms with Crippen molar-refractivity contribution >= 4 is 49.8 Å². The highest BCUT2D eigenvalue weighted by atomic mass is 79.9. The molecular formula is C13H9Br2N3O2. The van der Waals surface area contributed by atoms with E-state index in [0.717, 1.165) is 15.2 Å². The van der Waals surface area contributed by atoms with Gasteiger partial charge < -0.3 is 14.4 Å². The maximum absolute atomic E-state index is 10.7. The van der Waals surface area contributed by atoms with Gasteiger partial charge in [0.1, 0.15) is 6.29 Å². The van der Waals surface area contributed by atoms with Crippen LogP contribution in [0.3, 0.4) is 0 Å². The third-order valence-corrected chi connectivity index (χ3v) is 3.67. The molecule has 0 amide bonds. The summed E-state index contributed by atoms with van der Waals surface area (Å²) in [5.74, 6) is 2.60. The molecular weight excluding hydrogens is 390 g/mol. The van der Waals surface area contributed by atoms with E-state index in [-0.39, 0.29) is 0 Å². The zero-order valence-electron chi connectivity index (χ0n) is 10.2. The van der Waals surface area contributed by atoms with Crippen LogP contribution in [-0.4, -0.2) is 22.8 Å². The van der Waals surface area contributed by atoms with Crippen LogP contribution in [0.5, 0.6) is 11.5 Å². The number of carbonyl (C=O) groups is 1. The van der Waals surface area contributed by atoms with Crippen LogP contribution in [0.4, 0.5) is 11.6 Å². The molecule has 0 atom stereocenters. The minimum Gasteiger partial charge on any atom is -0.449 e. The zero-order chi connectivity index (χ0) is 14.1. The van der Waals surface area contributed by atoms with Crippen molar-refractivity contribution in [3.05, 3.63) is 33.5 Å². The van der Waals surface area contributed by atoms with Gasteiger partial charge in [0.15, 0.2) is 23.1 Å². The van der Waals surface area contributed by atoms with E-state index in [1.54, 1.807) is 12.4 Å². The van der Waals surface area contributed by atoms with Gasteiger partial charge in [-0.3, -0.25) is 0 Å². The van der Waals surface area contributed by atoms with Gasteiger partial charge in [-0.1, -0.05) is 0 Å². The van der Waals surface area contributed by atoms with Crippen molar-refractivity contribution in [3.8, 4) is 11.5 Å². The first-order valence-electron chi connectivity index (χ1n) is 5.89. The molecule has 0 saturated heterocycles. The Hall–Kier alpha value is -1.47. The van der Waals surface area contributed by atoms with Crippen molar-refractivity contribution in [2.75, 3.05) is 11.4 Å². The number of anilines is 2. The first-order valence-corrected chi connectivity index (χ1v) is 7.48. The van der Waals surface area contributed by atoms with Crippen molar-refractivity contribution in [2.45, 2.75) is 6.42 Å². The molecule has 2 aromatic rings. The zero-order valence-corrected chi connectivity index (χ0v) is 13.4. The highest BCUT2D eigenvalue weighted by molar-refractivity contribution is 9.10. The highest BCUT2D eigenvalue weighted by Gasteiger charge is 2.27. The number of hydrogen-bond donors (Lipinski definition) is 0. The number of carbonyl (C=O) groups excluding carboxylic acids is 1. The van der Waals surface area contributed by atoms with Gasteiger partial charge in [-0.25, -0.2) is 9.97 Å². The molecule has 0 saturated carbocycles. The Morgan fingerprint density at radius 2 is 1.65 bits per heavy atom. The molecule has 1 aliphatic rings. The number of aldehydes is 1. The predicted octanol–water partition coefficient (Wildman–Crippen LogP) is 3.83. The molecule has 20 heavy (non-hydrogen) atoms. The van der Waals surface area contributed by atoms with Crippen LogP contribution >= 0.6 is 31.9 Å². The van der Waals surface area contributed by atoms with E-state index in [4.69, 9.17) is 4.74 Å². The maximum atomic E-state index is 10.7. The fourth-order valence-electron chi connectivity index (χ4n) is 1.99. The molecule has 7 heteroatoms. The summed E-state index contributed by atoms with van der Waals surface area (Å²) in [5, 5.41) is 0. The fourth-order valence-corrected chi connectivity index (χ4v) is 2.62. The second-order valence-corrected chi connectivity index (χ2v) is 5.99. The van der Waals surface area contributed by atoms with Crippen LogP contribution in [-0.2, 0) is 4.79 Å². The molecule has 0 radical (unpaired) electrons. The summed E-state index contributed by atoms with van der Waals surface area (Å²) in [6, 6.07) is 3.69. The predicted molar refractivity (Wildman–Crippen MR) is 81.6 cm³/mol. The number of halogens is 2. The van der Waals surface area contributed by atoms with Gasteiger partial charge in [0.25, 0.3) is 0 Å². The lowest BCUT2D eigenvalue weighted by atomic mass is 10.2. The Labute approximate surface area is 132 Å². The van der Waals surface area contributed by atoms with Crippen molar-refractivity contribution < 1.29 is 9.53 Å². The van der Waals surface area contributed by atoms with Gasteiger partial charge in [0.05, 0.1) is 0 Å². The number of fused-ring (bicyclic) bond motifs is 2. The van der Waals surface area contributed by atoms with Gasteiger partial charge in [0.2, 0.25) is 0 Å². The normalized spacial score (nSPS) is 12.4. The summed E-state index contributed by atoms with van der Waals surface area (Å²) in [4.78, 5) is 21.3. The highest BCUT2D eigenvalue weighted by Crippen LogP contribution is 2.45. The summed E-state index contributed by atoms with van der Waals surface area (Å²) in [6.45, 7) is 0.510. The molecule has 0 bridgehead atoms. The Kier molecular flexibility index (Phi) is 3.71. The van der Waals surface area contributed by atoms with Crippen molar-refractivity contribution in [1.82, 2.24) is 9.97 Å². The van der Waals surface area contributed by atoms with Crippen LogP contribution in [0.1, 0.15) is 6.42 Å². The number of aromatic nitrogens is 2. The largest absolute Gasteiger partial charge is 0.449 e. The molecule has 0 aromatic carbocycles. The van der Waals surface area contributed by atoms with E-state index in [1.807, 2.05) is 17.0 Å². The van der Waals surface area contributed by atoms with E-state index < -0.39 is 0 Å². The molecule has 0 spiro atoms. The minimum absolute atomic E-state index is 0.397. The molecule has 3 rings (SSSR count). The molecule has 0 aliphatic carbocycles. The SMILES string of the molecule is O=CCCN1c2ncc(Br)cc2Oc2cc(Br)cnc21. The van der Waals surface area contributed by atoms with E-state index in [9.17, 15) is 4.79 Å². The minimum atomic E-state index is 0.397. The first-order chi connectivity index (χ1) is 9.69. The van der Waals surface area contributed by atoms with Crippen LogP contribution < -0.4 is 9.64 Å². The van der Waals surface area contributed by atoms with E-state index in [0.29, 0.717) is 36.1 Å². The Morgan fingerprint density at radius 3 is 2.15 bits per heavy atom. The third kappa shape index (κ3) is 2.43. The molecule has 0 fully saturated rings. The lowest BCUT2D eigenvalue weighted by molar-refractivity contribution is -0.107. The summed E-state index contributed by atoms with van der Waals surface area (Å²) in [5.41, 5.74) is 0. The lowest BCUT2D eigenvalue weighted by Crippen LogP contribution is -2.24. The molecule has 102 valence electrons. The van der Waals surface area contributed by atoms with E-state index >= 15 is 0 Å². The standard InChI is InChI=1S/C13H9Br2N3O2/c14-8-4-10-12(16-6-8)18(2-1-3-19)13-11(20-10)5-9(15)7-17-13/h3-7H,1-2H2. The summed E-state index contributed by atoms with van der Waals surface area (Å²) >= 11 is 6.75. The van der Waals surface area contributed by atoms with Gasteiger partial charge in [-0.15, -0.1) is 0 Å². The van der Waals surface area contributed by atoms with Gasteiger partial charge in [-0.05, 0) is 31.9 Å². The Balaban J connectivity index is 2.11. The first kappa shape index (κ1) is 13.5. The van der Waals surface area contributed by atoms with E-state index in [1.165, 1.54) is 0 Å². The van der Waals surface area contributed by atoms with Crippen molar-refractivity contribution in [2.24, 2.45) is 0 Å². The van der Waals surface area contributed by atoms with Crippen LogP contribution in [0.15, 0.2) is 33.5 Å². The summed E-state index contributed by atoms with van der Waals surface area (Å²) in [6.07, 6.45) is 4.67. The smallest absolute Gasteiger partial charge is 0.177 e. The monoisotopic (exact) mass is 397 g/mol. The molecule has 3 heterocycles. The number of ether oxygens (including phenoxy) is 1. The number of rotatable bonds is 3. The second-order valence-electron chi connectivity index (χ2n) is 4.16. The molecule has 0 unspecified atom stereocenters. The topological polar surface area (TPSA) is 55.3 Å². The summed E-state index contributed by atoms with van der Waals surface area (Å²) < 4.78 is 7.50. The second kappa shape index (κ2) is 5.49. The molecule has 2 aromatic heterocycles. The van der Waals surface area contributed by atoms with Crippen LogP contribution in [0.25, 0.3) is 0 Å². The van der Waals surface area contributed by atoms with Crippen molar-refractivity contribution in [1.29, 1.82) is 0 Å². The molecule has 5 nitrogen and oxygen atoms in total. The summed E-state index contributed by atoms with van der Waals surface area (Å²) in [7, 11) is 0. The Bertz CT molecular complexity index is 627. The van der Waals surface area contributed by atoms with E-state index in [2.05, 4.69) is 41.8 Å². The van der Waals surface area contributed by atoms with Crippen LogP contribution in [0, 0.1) is 0 Å². The van der Waals surface area contributed by atoms with Gasteiger partial charge in [-0.2, -0.15) is 0 Å². The Morgan fingerprint density at radius 1 is 1.10 bits per heavy atom. The quantitative estimate of drug-likeness (QED) is 0.735. The number of hydrogen-bond acceptors (Lipinski definition) is 5. The molecule has 0 N–H and O–H groups in total. The molecule has 1 aliphatic heterocycles. The lowest BCUT2D eigenvalue weighted by Gasteiger charge is -2.30. The fraction of sp³-hybridized carbons (Fsp3) is 0.154. The third-order valence-electron chi connectivity index (χ3n) is 2.80. The van der Waals surface area contributed by atoms with Crippen molar-refractivity contribution in [3.63, 3.8) is 0 Å². The average Bonchev–Trinajstić information content (AvgIpc) is 2.43. The number of pyridine rings is 2. The maximum Gasteiger partial charge on any atom is 0.177 e. The number of nitrogens with zero attached hydrogens (tertiary/aromatic N) is 3. The van der Waals surface area contributed by atoms with Gasteiger partial charge in [0, 0.05) is 46.4 Å². The van der Waals surface area contributed by atoms with Crippen LogP contribution in [0.2, 0.25) is 0 Å².